The van der Waals surface area contributed by atoms with Crippen LogP contribution < -0.4 is 0 Å². The highest BCUT2D eigenvalue weighted by Crippen LogP contribution is 2.38. The molecule has 1 aliphatic rings. The molecule has 2 rings (SSSR count). The Morgan fingerprint density at radius 1 is 1.39 bits per heavy atom. The van der Waals surface area contributed by atoms with E-state index in [4.69, 9.17) is 10.3 Å². The van der Waals surface area contributed by atoms with Gasteiger partial charge < -0.3 is 4.74 Å². The number of azide groups is 1. The molecule has 0 saturated carbocycles. The zero-order valence-electron chi connectivity index (χ0n) is 9.48. The molecule has 18 heavy (non-hydrogen) atoms. The van der Waals surface area contributed by atoms with Crippen LogP contribution in [-0.4, -0.2) is 6.61 Å². The maximum atomic E-state index is 12.6. The molecule has 1 aliphatic heterocycles. The average molecular weight is 257 g/mol. The van der Waals surface area contributed by atoms with Gasteiger partial charge in [-0.25, -0.2) is 0 Å². The minimum atomic E-state index is -4.39. The summed E-state index contributed by atoms with van der Waals surface area (Å²) >= 11 is 0. The second-order valence-corrected chi connectivity index (χ2v) is 4.04. The number of ether oxygens (including phenoxy) is 1. The zero-order chi connectivity index (χ0) is 13.3. The maximum absolute atomic E-state index is 12.6. The lowest BCUT2D eigenvalue weighted by molar-refractivity contribution is -0.137. The fourth-order valence-corrected chi connectivity index (χ4v) is 1.98. The van der Waals surface area contributed by atoms with Gasteiger partial charge >= 0.3 is 6.18 Å². The first-order chi connectivity index (χ1) is 8.43. The molecule has 1 aromatic carbocycles. The summed E-state index contributed by atoms with van der Waals surface area (Å²) in [5.41, 5.74) is 8.71. The first-order valence-corrected chi connectivity index (χ1v) is 5.30. The Bertz CT molecular complexity index is 509. The molecule has 0 aliphatic carbocycles. The first kappa shape index (κ1) is 12.7. The molecule has 0 spiro atoms. The second-order valence-electron chi connectivity index (χ2n) is 4.04. The molecule has 2 atom stereocenters. The van der Waals surface area contributed by atoms with E-state index >= 15 is 0 Å². The lowest BCUT2D eigenvalue weighted by atomic mass is 9.93. The molecule has 0 N–H and O–H groups in total. The Hall–Kier alpha value is -1.72. The maximum Gasteiger partial charge on any atom is 0.416 e. The number of rotatable bonds is 1. The van der Waals surface area contributed by atoms with E-state index < -0.39 is 23.9 Å². The highest BCUT2D eigenvalue weighted by atomic mass is 19.4. The van der Waals surface area contributed by atoms with Gasteiger partial charge in [0.1, 0.15) is 0 Å². The van der Waals surface area contributed by atoms with Gasteiger partial charge in [0, 0.05) is 4.91 Å². The van der Waals surface area contributed by atoms with E-state index in [1.807, 2.05) is 0 Å². The van der Waals surface area contributed by atoms with Crippen molar-refractivity contribution in [1.82, 2.24) is 0 Å². The van der Waals surface area contributed by atoms with Crippen LogP contribution in [0.1, 0.15) is 35.8 Å². The molecule has 0 fully saturated rings. The van der Waals surface area contributed by atoms with Gasteiger partial charge in [-0.15, -0.1) is 0 Å². The molecule has 4 nitrogen and oxygen atoms in total. The smallest absolute Gasteiger partial charge is 0.373 e. The number of alkyl halides is 3. The van der Waals surface area contributed by atoms with Crippen molar-refractivity contribution in [2.24, 2.45) is 5.11 Å². The van der Waals surface area contributed by atoms with E-state index in [0.29, 0.717) is 11.1 Å². The van der Waals surface area contributed by atoms with Gasteiger partial charge in [-0.3, -0.25) is 0 Å². The molecule has 0 amide bonds. The van der Waals surface area contributed by atoms with Crippen molar-refractivity contribution in [1.29, 1.82) is 0 Å². The van der Waals surface area contributed by atoms with Crippen molar-refractivity contribution >= 4 is 0 Å². The third kappa shape index (κ3) is 2.27. The van der Waals surface area contributed by atoms with Crippen LogP contribution in [0.5, 0.6) is 0 Å². The largest absolute Gasteiger partial charge is 0.416 e. The normalized spacial score (nSPS) is 23.1. The molecule has 0 aromatic heterocycles. The van der Waals surface area contributed by atoms with Gasteiger partial charge in [0.15, 0.2) is 0 Å². The predicted molar refractivity (Wildman–Crippen MR) is 57.7 cm³/mol. The fraction of sp³-hybridized carbons (Fsp3) is 0.455. The van der Waals surface area contributed by atoms with Crippen LogP contribution in [0.2, 0.25) is 0 Å². The highest BCUT2D eigenvalue weighted by Gasteiger charge is 2.33. The molecule has 0 bridgehead atoms. The summed E-state index contributed by atoms with van der Waals surface area (Å²) < 4.78 is 43.1. The minimum absolute atomic E-state index is 0.184. The number of nitrogens with zero attached hydrogens (tertiary/aromatic N) is 3. The van der Waals surface area contributed by atoms with E-state index in [1.165, 1.54) is 6.07 Å². The third-order valence-electron chi connectivity index (χ3n) is 2.91. The summed E-state index contributed by atoms with van der Waals surface area (Å²) in [6.45, 7) is 1.86. The molecule has 0 unspecified atom stereocenters. The summed E-state index contributed by atoms with van der Waals surface area (Å²) in [4.78, 5) is 2.68. The second kappa shape index (κ2) is 4.51. The van der Waals surface area contributed by atoms with Crippen molar-refractivity contribution in [2.75, 3.05) is 6.61 Å². The molecular formula is C11H10F3N3O. The standard InChI is InChI=1S/C11H10F3N3O/c1-6-9-4-7(11(12,13)14)2-3-8(9)10(5-18-6)16-17-15/h2-4,6,10H,5H2,1H3/t6-,10+/m0/s1. The summed E-state index contributed by atoms with van der Waals surface area (Å²) in [5.74, 6) is 0. The van der Waals surface area contributed by atoms with E-state index in [-0.39, 0.29) is 6.61 Å². The van der Waals surface area contributed by atoms with Crippen LogP contribution in [0.4, 0.5) is 13.2 Å². The van der Waals surface area contributed by atoms with Crippen LogP contribution in [0.15, 0.2) is 23.3 Å². The van der Waals surface area contributed by atoms with Gasteiger partial charge in [-0.05, 0) is 35.7 Å². The molecule has 0 saturated heterocycles. The van der Waals surface area contributed by atoms with Crippen molar-refractivity contribution in [3.63, 3.8) is 0 Å². The van der Waals surface area contributed by atoms with Crippen LogP contribution in [0.25, 0.3) is 10.4 Å². The van der Waals surface area contributed by atoms with Crippen molar-refractivity contribution < 1.29 is 17.9 Å². The molecule has 7 heteroatoms. The van der Waals surface area contributed by atoms with E-state index in [1.54, 1.807) is 6.92 Å². The Balaban J connectivity index is 2.50. The molecule has 0 radical (unpaired) electrons. The summed E-state index contributed by atoms with van der Waals surface area (Å²) in [6.07, 6.45) is -4.83. The van der Waals surface area contributed by atoms with Crippen LogP contribution in [-0.2, 0) is 10.9 Å². The Labute approximate surface area is 101 Å². The van der Waals surface area contributed by atoms with Crippen molar-refractivity contribution in [2.45, 2.75) is 25.2 Å². The zero-order valence-corrected chi connectivity index (χ0v) is 9.48. The third-order valence-corrected chi connectivity index (χ3v) is 2.91. The van der Waals surface area contributed by atoms with E-state index in [0.717, 1.165) is 12.1 Å². The monoisotopic (exact) mass is 257 g/mol. The lowest BCUT2D eigenvalue weighted by Crippen LogP contribution is -2.19. The van der Waals surface area contributed by atoms with Crippen LogP contribution in [0.3, 0.4) is 0 Å². The van der Waals surface area contributed by atoms with Crippen molar-refractivity contribution in [3.05, 3.63) is 45.3 Å². The highest BCUT2D eigenvalue weighted by molar-refractivity contribution is 5.38. The number of halogens is 3. The lowest BCUT2D eigenvalue weighted by Gasteiger charge is -2.28. The molecule has 1 aromatic rings. The Morgan fingerprint density at radius 2 is 2.11 bits per heavy atom. The van der Waals surface area contributed by atoms with Crippen LogP contribution in [0, 0.1) is 0 Å². The quantitative estimate of drug-likeness (QED) is 0.423. The molecule has 1 heterocycles. The first-order valence-electron chi connectivity index (χ1n) is 5.30. The van der Waals surface area contributed by atoms with E-state index in [2.05, 4.69) is 10.0 Å². The summed E-state index contributed by atoms with van der Waals surface area (Å²) in [7, 11) is 0. The van der Waals surface area contributed by atoms with Gasteiger partial charge in [0.05, 0.1) is 24.3 Å². The van der Waals surface area contributed by atoms with Gasteiger partial charge in [0.2, 0.25) is 0 Å². The average Bonchev–Trinajstić information content (AvgIpc) is 2.31. The SMILES string of the molecule is C[C@@H]1OC[C@@H](N=[N+]=[N-])c2ccc(C(F)(F)F)cc21. The van der Waals surface area contributed by atoms with Gasteiger partial charge in [-0.2, -0.15) is 13.2 Å². The summed E-state index contributed by atoms with van der Waals surface area (Å²) in [6, 6.07) is 2.84. The molecule has 96 valence electrons. The number of fused-ring (bicyclic) bond motifs is 1. The summed E-state index contributed by atoms with van der Waals surface area (Å²) in [5, 5.41) is 3.53. The number of hydrogen-bond acceptors (Lipinski definition) is 2. The molecular weight excluding hydrogens is 247 g/mol. The van der Waals surface area contributed by atoms with Gasteiger partial charge in [0.25, 0.3) is 0 Å². The van der Waals surface area contributed by atoms with Gasteiger partial charge in [-0.1, -0.05) is 11.2 Å². The fourth-order valence-electron chi connectivity index (χ4n) is 1.98. The van der Waals surface area contributed by atoms with Crippen LogP contribution >= 0.6 is 0 Å². The van der Waals surface area contributed by atoms with Crippen molar-refractivity contribution in [3.8, 4) is 0 Å². The van der Waals surface area contributed by atoms with E-state index in [9.17, 15) is 13.2 Å². The Morgan fingerprint density at radius 3 is 2.72 bits per heavy atom. The number of hydrogen-bond donors (Lipinski definition) is 0. The Kier molecular flexibility index (Phi) is 3.19. The minimum Gasteiger partial charge on any atom is -0.373 e. The topological polar surface area (TPSA) is 58.0 Å². The number of benzene rings is 1. The predicted octanol–water partition coefficient (Wildman–Crippen LogP) is 4.15.